The minimum atomic E-state index is -0.993. The number of hydrogen-bond acceptors (Lipinski definition) is 7. The molecule has 1 spiro atoms. The molecular formula is C25H30FN7O. The summed E-state index contributed by atoms with van der Waals surface area (Å²) in [4.78, 5) is 33.0. The van der Waals surface area contributed by atoms with Crippen molar-refractivity contribution < 1.29 is 9.18 Å². The maximum Gasteiger partial charge on any atom is 0.230 e. The number of fused-ring (bicyclic) bond motifs is 2. The van der Waals surface area contributed by atoms with Crippen molar-refractivity contribution in [3.05, 3.63) is 35.8 Å². The van der Waals surface area contributed by atoms with Gasteiger partial charge >= 0.3 is 0 Å². The summed E-state index contributed by atoms with van der Waals surface area (Å²) in [5.74, 6) is 2.40. The molecule has 1 saturated heterocycles. The molecule has 0 bridgehead atoms. The van der Waals surface area contributed by atoms with E-state index in [0.29, 0.717) is 25.2 Å². The molecule has 4 heterocycles. The number of nitriles is 1. The Morgan fingerprint density at radius 1 is 1.15 bits per heavy atom. The fourth-order valence-corrected chi connectivity index (χ4v) is 5.40. The summed E-state index contributed by atoms with van der Waals surface area (Å²) in [6, 6.07) is 5.72. The van der Waals surface area contributed by atoms with E-state index in [1.54, 1.807) is 37.3 Å². The number of aromatic nitrogens is 3. The Hall–Kier alpha value is -3.28. The third-order valence-corrected chi connectivity index (χ3v) is 7.51. The van der Waals surface area contributed by atoms with Gasteiger partial charge in [-0.25, -0.2) is 19.3 Å². The molecular weight excluding hydrogens is 433 g/mol. The standard InChI is InChI=1S/C25H30FN7O/c1-24(2,15-26)23(34)32-10-4-9-31(11-12-32)21-20-22(30-17-29-21)33(16-25(20)6-3-7-25)19-13-18(14-27)5-8-28-19/h5,8,13,17H,3-4,6-7,9-12,15-16H2,1-2H3. The monoisotopic (exact) mass is 463 g/mol. The highest BCUT2D eigenvalue weighted by Gasteiger charge is 2.51. The fourth-order valence-electron chi connectivity index (χ4n) is 5.40. The summed E-state index contributed by atoms with van der Waals surface area (Å²) in [7, 11) is 0. The van der Waals surface area contributed by atoms with Crippen LogP contribution in [0.4, 0.5) is 21.8 Å². The zero-order valence-electron chi connectivity index (χ0n) is 19.8. The van der Waals surface area contributed by atoms with E-state index in [9.17, 15) is 14.4 Å². The molecule has 0 aromatic carbocycles. The SMILES string of the molecule is CC(C)(CF)C(=O)N1CCCN(c2ncnc3c2C2(CCC2)CN3c2cc(C#N)ccn2)CC1. The first-order valence-corrected chi connectivity index (χ1v) is 12.0. The summed E-state index contributed by atoms with van der Waals surface area (Å²) in [5, 5.41) is 9.35. The third-order valence-electron chi connectivity index (χ3n) is 7.51. The smallest absolute Gasteiger partial charge is 0.230 e. The zero-order valence-corrected chi connectivity index (χ0v) is 19.8. The van der Waals surface area contributed by atoms with Crippen LogP contribution >= 0.6 is 0 Å². The Bertz CT molecular complexity index is 1140. The van der Waals surface area contributed by atoms with Gasteiger partial charge < -0.3 is 14.7 Å². The number of nitrogens with zero attached hydrogens (tertiary/aromatic N) is 7. The quantitative estimate of drug-likeness (QED) is 0.687. The summed E-state index contributed by atoms with van der Waals surface area (Å²) >= 11 is 0. The van der Waals surface area contributed by atoms with Crippen LogP contribution in [0.1, 0.15) is 50.7 Å². The van der Waals surface area contributed by atoms with E-state index >= 15 is 0 Å². The lowest BCUT2D eigenvalue weighted by atomic mass is 9.66. The van der Waals surface area contributed by atoms with Crippen molar-refractivity contribution in [3.8, 4) is 6.07 Å². The van der Waals surface area contributed by atoms with Crippen molar-refractivity contribution in [1.82, 2.24) is 19.9 Å². The second-order valence-electron chi connectivity index (χ2n) is 10.3. The van der Waals surface area contributed by atoms with Gasteiger partial charge in [-0.05, 0) is 45.2 Å². The molecule has 0 radical (unpaired) electrons. The number of halogens is 1. The van der Waals surface area contributed by atoms with E-state index in [1.165, 1.54) is 0 Å². The van der Waals surface area contributed by atoms with Gasteiger partial charge in [0.2, 0.25) is 5.91 Å². The second kappa shape index (κ2) is 8.49. The largest absolute Gasteiger partial charge is 0.354 e. The third kappa shape index (κ3) is 3.65. The zero-order chi connectivity index (χ0) is 23.9. The molecule has 178 valence electrons. The predicted octanol–water partition coefficient (Wildman–Crippen LogP) is 3.35. The van der Waals surface area contributed by atoms with Crippen LogP contribution in [0.15, 0.2) is 24.7 Å². The highest BCUT2D eigenvalue weighted by atomic mass is 19.1. The lowest BCUT2D eigenvalue weighted by Crippen LogP contribution is -2.44. The molecule has 1 aliphatic carbocycles. The molecule has 2 aromatic heterocycles. The van der Waals surface area contributed by atoms with Gasteiger partial charge in [-0.1, -0.05) is 6.42 Å². The summed E-state index contributed by atoms with van der Waals surface area (Å²) in [6.07, 6.45) is 7.37. The number of alkyl halides is 1. The van der Waals surface area contributed by atoms with Gasteiger partial charge in [0.25, 0.3) is 0 Å². The summed E-state index contributed by atoms with van der Waals surface area (Å²) < 4.78 is 13.4. The Morgan fingerprint density at radius 3 is 2.65 bits per heavy atom. The van der Waals surface area contributed by atoms with Crippen molar-refractivity contribution in [3.63, 3.8) is 0 Å². The number of carbonyl (C=O) groups is 1. The Kier molecular flexibility index (Phi) is 5.62. The van der Waals surface area contributed by atoms with Crippen molar-refractivity contribution in [1.29, 1.82) is 5.26 Å². The first kappa shape index (κ1) is 22.5. The Morgan fingerprint density at radius 2 is 1.94 bits per heavy atom. The van der Waals surface area contributed by atoms with Crippen LogP contribution in [0.3, 0.4) is 0 Å². The van der Waals surface area contributed by atoms with E-state index in [2.05, 4.69) is 25.8 Å². The van der Waals surface area contributed by atoms with Gasteiger partial charge in [-0.2, -0.15) is 5.26 Å². The topological polar surface area (TPSA) is 89.3 Å². The maximum atomic E-state index is 13.4. The van der Waals surface area contributed by atoms with Gasteiger partial charge in [0.1, 0.15) is 30.5 Å². The van der Waals surface area contributed by atoms with Crippen LogP contribution in [0.25, 0.3) is 0 Å². The minimum Gasteiger partial charge on any atom is -0.354 e. The lowest BCUT2D eigenvalue weighted by molar-refractivity contribution is -0.140. The van der Waals surface area contributed by atoms with E-state index in [4.69, 9.17) is 4.98 Å². The highest BCUT2D eigenvalue weighted by Crippen LogP contribution is 2.56. The highest BCUT2D eigenvalue weighted by molar-refractivity contribution is 5.82. The number of carbonyl (C=O) groups excluding carboxylic acids is 1. The van der Waals surface area contributed by atoms with Gasteiger partial charge in [0.15, 0.2) is 0 Å². The van der Waals surface area contributed by atoms with Crippen molar-refractivity contribution in [2.24, 2.45) is 5.41 Å². The average Bonchev–Trinajstić information content (AvgIpc) is 3.02. The number of pyridine rings is 1. The first-order chi connectivity index (χ1) is 16.4. The summed E-state index contributed by atoms with van der Waals surface area (Å²) in [5.41, 5.74) is 0.722. The van der Waals surface area contributed by atoms with Crippen LogP contribution in [-0.4, -0.2) is 65.2 Å². The molecule has 2 aliphatic heterocycles. The molecule has 5 rings (SSSR count). The lowest BCUT2D eigenvalue weighted by Gasteiger charge is -2.40. The molecule has 2 aromatic rings. The molecule has 0 N–H and O–H groups in total. The minimum absolute atomic E-state index is 0.0196. The molecule has 0 unspecified atom stereocenters. The van der Waals surface area contributed by atoms with Crippen molar-refractivity contribution in [2.45, 2.75) is 44.9 Å². The van der Waals surface area contributed by atoms with Crippen LogP contribution in [0.2, 0.25) is 0 Å². The van der Waals surface area contributed by atoms with Gasteiger partial charge in [0.05, 0.1) is 17.0 Å². The molecule has 3 aliphatic rings. The van der Waals surface area contributed by atoms with Crippen molar-refractivity contribution >= 4 is 23.4 Å². The first-order valence-electron chi connectivity index (χ1n) is 12.0. The number of rotatable bonds is 4. The van der Waals surface area contributed by atoms with Gasteiger partial charge in [-0.3, -0.25) is 4.79 Å². The van der Waals surface area contributed by atoms with Gasteiger partial charge in [-0.15, -0.1) is 0 Å². The van der Waals surface area contributed by atoms with Crippen LogP contribution in [0, 0.1) is 16.7 Å². The molecule has 8 nitrogen and oxygen atoms in total. The van der Waals surface area contributed by atoms with Crippen LogP contribution in [-0.2, 0) is 10.2 Å². The van der Waals surface area contributed by atoms with E-state index in [0.717, 1.165) is 61.8 Å². The van der Waals surface area contributed by atoms with E-state index in [1.807, 2.05) is 6.07 Å². The average molecular weight is 464 g/mol. The molecule has 2 fully saturated rings. The van der Waals surface area contributed by atoms with Crippen LogP contribution < -0.4 is 9.80 Å². The second-order valence-corrected chi connectivity index (χ2v) is 10.3. The summed E-state index contributed by atoms with van der Waals surface area (Å²) in [6.45, 7) is 6.04. The molecule has 1 amide bonds. The molecule has 1 saturated carbocycles. The Balaban J connectivity index is 1.46. The van der Waals surface area contributed by atoms with Crippen molar-refractivity contribution in [2.75, 3.05) is 49.2 Å². The number of hydrogen-bond donors (Lipinski definition) is 0. The van der Waals surface area contributed by atoms with E-state index < -0.39 is 12.1 Å². The normalized spacial score (nSPS) is 19.4. The predicted molar refractivity (Wildman–Crippen MR) is 127 cm³/mol. The van der Waals surface area contributed by atoms with Gasteiger partial charge in [0, 0.05) is 49.9 Å². The maximum absolute atomic E-state index is 13.4. The molecule has 0 atom stereocenters. The number of amides is 1. The van der Waals surface area contributed by atoms with Crippen LogP contribution in [0.5, 0.6) is 0 Å². The number of anilines is 3. The van der Waals surface area contributed by atoms with E-state index in [-0.39, 0.29) is 11.3 Å². The fraction of sp³-hybridized carbons (Fsp3) is 0.560. The Labute approximate surface area is 199 Å². The molecule has 9 heteroatoms. The molecule has 34 heavy (non-hydrogen) atoms.